The van der Waals surface area contributed by atoms with Crippen LogP contribution in [0.4, 0.5) is 10.1 Å². The maximum Gasteiger partial charge on any atom is 0.255 e. The maximum atomic E-state index is 13.1. The van der Waals surface area contributed by atoms with Crippen molar-refractivity contribution in [2.24, 2.45) is 0 Å². The van der Waals surface area contributed by atoms with Crippen LogP contribution in [0.15, 0.2) is 72.8 Å². The number of carbonyl (C=O) groups is 1. The highest BCUT2D eigenvalue weighted by atomic mass is 35.5. The average molecular weight is 340 g/mol. The summed E-state index contributed by atoms with van der Waals surface area (Å²) in [7, 11) is 0. The molecule has 2 nitrogen and oxygen atoms in total. The smallest absolute Gasteiger partial charge is 0.255 e. The van der Waals surface area contributed by atoms with Crippen LogP contribution in [0.3, 0.4) is 0 Å². The summed E-state index contributed by atoms with van der Waals surface area (Å²) >= 11 is 5.98. The molecule has 4 heteroatoms. The molecule has 0 aromatic heterocycles. The lowest BCUT2D eigenvalue weighted by molar-refractivity contribution is 0.102. The zero-order valence-corrected chi connectivity index (χ0v) is 13.6. The van der Waals surface area contributed by atoms with Gasteiger partial charge in [-0.15, -0.1) is 0 Å². The lowest BCUT2D eigenvalue weighted by Gasteiger charge is -2.11. The van der Waals surface area contributed by atoms with Gasteiger partial charge in [-0.1, -0.05) is 60.1 Å². The lowest BCUT2D eigenvalue weighted by Crippen LogP contribution is -2.14. The van der Waals surface area contributed by atoms with E-state index < -0.39 is 5.82 Å². The van der Waals surface area contributed by atoms with Crippen LogP contribution in [0.1, 0.15) is 21.5 Å². The summed E-state index contributed by atoms with van der Waals surface area (Å²) in [4.78, 5) is 12.6. The minimum Gasteiger partial charge on any atom is -0.321 e. The molecular weight excluding hydrogens is 325 g/mol. The third-order valence-electron chi connectivity index (χ3n) is 3.68. The van der Waals surface area contributed by atoms with Crippen molar-refractivity contribution in [1.29, 1.82) is 0 Å². The average Bonchev–Trinajstić information content (AvgIpc) is 2.59. The monoisotopic (exact) mass is 339 g/mol. The Balaban J connectivity index is 1.85. The Kier molecular flexibility index (Phi) is 4.92. The molecule has 0 aliphatic rings. The number of carbonyl (C=O) groups excluding carboxylic acids is 1. The Morgan fingerprint density at radius 3 is 2.42 bits per heavy atom. The molecule has 0 aliphatic heterocycles. The lowest BCUT2D eigenvalue weighted by atomic mass is 9.99. The first-order valence-electron chi connectivity index (χ1n) is 7.52. The van der Waals surface area contributed by atoms with E-state index in [1.165, 1.54) is 18.2 Å². The van der Waals surface area contributed by atoms with Crippen LogP contribution >= 0.6 is 11.6 Å². The van der Waals surface area contributed by atoms with E-state index in [2.05, 4.69) is 5.32 Å². The number of amides is 1. The van der Waals surface area contributed by atoms with Gasteiger partial charge < -0.3 is 5.32 Å². The number of halogens is 2. The Hall–Kier alpha value is -2.65. The minimum atomic E-state index is -0.442. The van der Waals surface area contributed by atoms with Crippen LogP contribution in [0.2, 0.25) is 5.02 Å². The second-order valence-electron chi connectivity index (χ2n) is 5.40. The molecule has 1 amide bonds. The van der Waals surface area contributed by atoms with Gasteiger partial charge in [0.05, 0.1) is 10.7 Å². The molecule has 3 aromatic rings. The van der Waals surface area contributed by atoms with Gasteiger partial charge in [0.2, 0.25) is 0 Å². The van der Waals surface area contributed by atoms with Crippen LogP contribution in [0.5, 0.6) is 0 Å². The van der Waals surface area contributed by atoms with Gasteiger partial charge >= 0.3 is 0 Å². The predicted octanol–water partition coefficient (Wildman–Crippen LogP) is 5.32. The van der Waals surface area contributed by atoms with Gasteiger partial charge in [0.25, 0.3) is 5.91 Å². The first-order valence-corrected chi connectivity index (χ1v) is 7.89. The van der Waals surface area contributed by atoms with Crippen molar-refractivity contribution in [2.45, 2.75) is 6.42 Å². The summed E-state index contributed by atoms with van der Waals surface area (Å²) in [5.41, 5.74) is 3.00. The standard InChI is InChI=1S/C20H15ClFNO/c21-18-13-16(22)10-11-19(18)23-20(24)17-9-5-4-8-15(17)12-14-6-2-1-3-7-14/h1-11,13H,12H2,(H,23,24). The molecule has 24 heavy (non-hydrogen) atoms. The molecule has 0 fully saturated rings. The normalized spacial score (nSPS) is 10.4. The molecule has 0 aliphatic carbocycles. The Labute approximate surface area is 144 Å². The summed E-state index contributed by atoms with van der Waals surface area (Å²) < 4.78 is 13.1. The van der Waals surface area contributed by atoms with Gasteiger partial charge in [0.15, 0.2) is 0 Å². The second kappa shape index (κ2) is 7.28. The van der Waals surface area contributed by atoms with Crippen molar-refractivity contribution >= 4 is 23.2 Å². The van der Waals surface area contributed by atoms with E-state index in [0.29, 0.717) is 17.7 Å². The molecule has 0 heterocycles. The first kappa shape index (κ1) is 16.2. The summed E-state index contributed by atoms with van der Waals surface area (Å²) in [6, 6.07) is 21.2. The van der Waals surface area contributed by atoms with E-state index in [1.54, 1.807) is 6.07 Å². The molecule has 3 aromatic carbocycles. The zero-order chi connectivity index (χ0) is 16.9. The molecule has 1 N–H and O–H groups in total. The first-order chi connectivity index (χ1) is 11.6. The van der Waals surface area contributed by atoms with Gasteiger partial charge in [-0.25, -0.2) is 4.39 Å². The second-order valence-corrected chi connectivity index (χ2v) is 5.81. The predicted molar refractivity (Wildman–Crippen MR) is 95.1 cm³/mol. The fraction of sp³-hybridized carbons (Fsp3) is 0.0500. The summed E-state index contributed by atoms with van der Waals surface area (Å²) in [5, 5.41) is 2.91. The SMILES string of the molecule is O=C(Nc1ccc(F)cc1Cl)c1ccccc1Cc1ccccc1. The van der Waals surface area contributed by atoms with Crippen LogP contribution in [0, 0.1) is 5.82 Å². The molecule has 0 bridgehead atoms. The third kappa shape index (κ3) is 3.81. The van der Waals surface area contributed by atoms with E-state index in [-0.39, 0.29) is 10.9 Å². The highest BCUT2D eigenvalue weighted by Gasteiger charge is 2.13. The van der Waals surface area contributed by atoms with Crippen LogP contribution in [-0.4, -0.2) is 5.91 Å². The van der Waals surface area contributed by atoms with Crippen molar-refractivity contribution in [3.05, 3.63) is 100 Å². The number of benzene rings is 3. The number of rotatable bonds is 4. The summed E-state index contributed by atoms with van der Waals surface area (Å²) in [6.07, 6.45) is 0.654. The quantitative estimate of drug-likeness (QED) is 0.684. The van der Waals surface area contributed by atoms with Gasteiger partial charge in [-0.05, 0) is 41.8 Å². The van der Waals surface area contributed by atoms with E-state index in [4.69, 9.17) is 11.6 Å². The third-order valence-corrected chi connectivity index (χ3v) is 3.99. The fourth-order valence-corrected chi connectivity index (χ4v) is 2.71. The highest BCUT2D eigenvalue weighted by Crippen LogP contribution is 2.24. The molecule has 0 saturated carbocycles. The largest absolute Gasteiger partial charge is 0.321 e. The van der Waals surface area contributed by atoms with Gasteiger partial charge in [0.1, 0.15) is 5.82 Å². The molecule has 3 rings (SSSR count). The number of hydrogen-bond acceptors (Lipinski definition) is 1. The highest BCUT2D eigenvalue weighted by molar-refractivity contribution is 6.33. The molecular formula is C20H15ClFNO. The molecule has 0 saturated heterocycles. The van der Waals surface area contributed by atoms with Crippen LogP contribution in [0.25, 0.3) is 0 Å². The molecule has 0 radical (unpaired) electrons. The van der Waals surface area contributed by atoms with Crippen molar-refractivity contribution in [2.75, 3.05) is 5.32 Å². The topological polar surface area (TPSA) is 29.1 Å². The Morgan fingerprint density at radius 2 is 1.67 bits per heavy atom. The van der Waals surface area contributed by atoms with Crippen molar-refractivity contribution in [3.63, 3.8) is 0 Å². The van der Waals surface area contributed by atoms with Gasteiger partial charge in [-0.2, -0.15) is 0 Å². The summed E-state index contributed by atoms with van der Waals surface area (Å²) in [5.74, 6) is -0.711. The van der Waals surface area contributed by atoms with E-state index >= 15 is 0 Å². The molecule has 120 valence electrons. The zero-order valence-electron chi connectivity index (χ0n) is 12.8. The van der Waals surface area contributed by atoms with Crippen molar-refractivity contribution in [3.8, 4) is 0 Å². The van der Waals surface area contributed by atoms with Gasteiger partial charge in [-0.3, -0.25) is 4.79 Å². The summed E-state index contributed by atoms with van der Waals surface area (Å²) in [6.45, 7) is 0. The van der Waals surface area contributed by atoms with Crippen LogP contribution < -0.4 is 5.32 Å². The van der Waals surface area contributed by atoms with Crippen molar-refractivity contribution in [1.82, 2.24) is 0 Å². The van der Waals surface area contributed by atoms with Crippen LogP contribution in [-0.2, 0) is 6.42 Å². The van der Waals surface area contributed by atoms with Crippen molar-refractivity contribution < 1.29 is 9.18 Å². The van der Waals surface area contributed by atoms with Gasteiger partial charge in [0, 0.05) is 5.56 Å². The number of hydrogen-bond donors (Lipinski definition) is 1. The number of nitrogens with one attached hydrogen (secondary N) is 1. The van der Waals surface area contributed by atoms with E-state index in [0.717, 1.165) is 11.1 Å². The molecule has 0 atom stereocenters. The molecule has 0 spiro atoms. The number of anilines is 1. The van der Waals surface area contributed by atoms with E-state index in [1.807, 2.05) is 48.5 Å². The Bertz CT molecular complexity index is 865. The fourth-order valence-electron chi connectivity index (χ4n) is 2.49. The maximum absolute atomic E-state index is 13.1. The van der Waals surface area contributed by atoms with E-state index in [9.17, 15) is 9.18 Å². The Morgan fingerprint density at radius 1 is 0.958 bits per heavy atom. The minimum absolute atomic E-state index is 0.170. The molecule has 0 unspecified atom stereocenters.